The molecule has 3 heteroatoms. The van der Waals surface area contributed by atoms with Gasteiger partial charge in [-0.3, -0.25) is 0 Å². The molecule has 92 valence electrons. The smallest absolute Gasteiger partial charge is 0.336 e. The topological polar surface area (TPSA) is 63.3 Å². The number of benzene rings is 1. The van der Waals surface area contributed by atoms with Gasteiger partial charge >= 0.3 is 5.97 Å². The second-order valence-electron chi connectivity index (χ2n) is 4.82. The number of aromatic carboxylic acids is 1. The van der Waals surface area contributed by atoms with Crippen LogP contribution < -0.4 is 5.73 Å². The molecule has 3 nitrogen and oxygen atoms in total. The van der Waals surface area contributed by atoms with Crippen LogP contribution in [0.25, 0.3) is 0 Å². The second-order valence-corrected chi connectivity index (χ2v) is 4.82. The van der Waals surface area contributed by atoms with Crippen molar-refractivity contribution in [3.8, 4) is 0 Å². The summed E-state index contributed by atoms with van der Waals surface area (Å²) < 4.78 is 0. The molecule has 1 aliphatic carbocycles. The largest absolute Gasteiger partial charge is 0.478 e. The van der Waals surface area contributed by atoms with Crippen LogP contribution in [0.2, 0.25) is 0 Å². The van der Waals surface area contributed by atoms with Crippen LogP contribution in [-0.2, 0) is 0 Å². The predicted octanol–water partition coefficient (Wildman–Crippen LogP) is 2.96. The molecule has 3 N–H and O–H groups in total. The van der Waals surface area contributed by atoms with Crippen molar-refractivity contribution >= 4 is 5.97 Å². The summed E-state index contributed by atoms with van der Waals surface area (Å²) in [6.07, 6.45) is 5.95. The molecule has 1 saturated carbocycles. The molecule has 17 heavy (non-hydrogen) atoms. The van der Waals surface area contributed by atoms with E-state index in [1.54, 1.807) is 12.1 Å². The van der Waals surface area contributed by atoms with Gasteiger partial charge in [-0.25, -0.2) is 4.79 Å². The van der Waals surface area contributed by atoms with Crippen molar-refractivity contribution in [2.75, 3.05) is 0 Å². The highest BCUT2D eigenvalue weighted by molar-refractivity contribution is 5.89. The van der Waals surface area contributed by atoms with E-state index in [9.17, 15) is 4.79 Å². The van der Waals surface area contributed by atoms with Crippen LogP contribution in [0.1, 0.15) is 54.1 Å². The van der Waals surface area contributed by atoms with Crippen molar-refractivity contribution in [3.05, 3.63) is 35.4 Å². The normalized spacial score (nSPS) is 18.9. The van der Waals surface area contributed by atoms with Crippen molar-refractivity contribution in [2.24, 2.45) is 11.7 Å². The summed E-state index contributed by atoms with van der Waals surface area (Å²) >= 11 is 0. The van der Waals surface area contributed by atoms with E-state index in [4.69, 9.17) is 10.8 Å². The van der Waals surface area contributed by atoms with E-state index in [-0.39, 0.29) is 6.04 Å². The van der Waals surface area contributed by atoms with Gasteiger partial charge in [-0.2, -0.15) is 0 Å². The first kappa shape index (κ1) is 12.1. The van der Waals surface area contributed by atoms with E-state index in [1.165, 1.54) is 19.3 Å². The molecule has 1 atom stereocenters. The summed E-state index contributed by atoms with van der Waals surface area (Å²) in [5.41, 5.74) is 7.38. The maximum Gasteiger partial charge on any atom is 0.336 e. The first-order valence-corrected chi connectivity index (χ1v) is 6.28. The van der Waals surface area contributed by atoms with Crippen LogP contribution in [0.5, 0.6) is 0 Å². The molecule has 0 bridgehead atoms. The van der Waals surface area contributed by atoms with Crippen LogP contribution in [0.3, 0.4) is 0 Å². The molecule has 0 heterocycles. The molecule has 0 radical (unpaired) electrons. The first-order valence-electron chi connectivity index (χ1n) is 6.28. The molecule has 0 aliphatic heterocycles. The maximum atomic E-state index is 11.2. The highest BCUT2D eigenvalue weighted by atomic mass is 16.4. The van der Waals surface area contributed by atoms with E-state index in [0.717, 1.165) is 18.4 Å². The monoisotopic (exact) mass is 233 g/mol. The third kappa shape index (κ3) is 2.67. The summed E-state index contributed by atoms with van der Waals surface area (Å²) in [5.74, 6) is -0.448. The second kappa shape index (κ2) is 5.32. The van der Waals surface area contributed by atoms with Crippen LogP contribution in [0, 0.1) is 5.92 Å². The Bertz CT molecular complexity index is 397. The maximum absolute atomic E-state index is 11.2. The highest BCUT2D eigenvalue weighted by Gasteiger charge is 2.24. The number of carboxylic acids is 1. The average molecular weight is 233 g/mol. The fourth-order valence-electron chi connectivity index (χ4n) is 2.73. The minimum atomic E-state index is -0.883. The fourth-order valence-corrected chi connectivity index (χ4v) is 2.73. The highest BCUT2D eigenvalue weighted by Crippen LogP contribution is 2.33. The summed E-state index contributed by atoms with van der Waals surface area (Å²) in [7, 11) is 0. The Labute approximate surface area is 102 Å². The van der Waals surface area contributed by atoms with Crippen LogP contribution in [-0.4, -0.2) is 11.1 Å². The van der Waals surface area contributed by atoms with Crippen molar-refractivity contribution < 1.29 is 9.90 Å². The van der Waals surface area contributed by atoms with Crippen molar-refractivity contribution in [1.82, 2.24) is 0 Å². The van der Waals surface area contributed by atoms with Gasteiger partial charge in [0.15, 0.2) is 0 Å². The molecule has 1 aliphatic rings. The lowest BCUT2D eigenvalue weighted by atomic mass is 9.80. The fraction of sp³-hybridized carbons (Fsp3) is 0.500. The number of hydrogen-bond donors (Lipinski definition) is 2. The minimum absolute atomic E-state index is 0.136. The Morgan fingerprint density at radius 2 is 1.88 bits per heavy atom. The van der Waals surface area contributed by atoms with Gasteiger partial charge in [-0.05, 0) is 30.4 Å². The molecule has 0 spiro atoms. The Hall–Kier alpha value is -1.35. The number of hydrogen-bond acceptors (Lipinski definition) is 2. The third-order valence-electron chi connectivity index (χ3n) is 3.71. The zero-order chi connectivity index (χ0) is 12.3. The Kier molecular flexibility index (Phi) is 3.79. The van der Waals surface area contributed by atoms with E-state index in [0.29, 0.717) is 11.5 Å². The molecule has 0 amide bonds. The molecule has 1 aromatic carbocycles. The number of nitrogens with two attached hydrogens (primary N) is 1. The SMILES string of the molecule is NC(c1ccccc1C(=O)O)C1CCCCC1. The third-order valence-corrected chi connectivity index (χ3v) is 3.71. The summed E-state index contributed by atoms with van der Waals surface area (Å²) in [4.78, 5) is 11.2. The molecule has 1 unspecified atom stereocenters. The molecule has 1 aromatic rings. The Morgan fingerprint density at radius 3 is 2.53 bits per heavy atom. The van der Waals surface area contributed by atoms with E-state index >= 15 is 0 Å². The summed E-state index contributed by atoms with van der Waals surface area (Å²) in [5, 5.41) is 9.16. The summed E-state index contributed by atoms with van der Waals surface area (Å²) in [6.45, 7) is 0. The van der Waals surface area contributed by atoms with E-state index < -0.39 is 5.97 Å². The van der Waals surface area contributed by atoms with Crippen molar-refractivity contribution in [1.29, 1.82) is 0 Å². The van der Waals surface area contributed by atoms with Gasteiger partial charge in [0, 0.05) is 6.04 Å². The molecular weight excluding hydrogens is 214 g/mol. The summed E-state index contributed by atoms with van der Waals surface area (Å²) in [6, 6.07) is 6.97. The predicted molar refractivity (Wildman–Crippen MR) is 66.9 cm³/mol. The lowest BCUT2D eigenvalue weighted by molar-refractivity contribution is 0.0694. The van der Waals surface area contributed by atoms with E-state index in [1.807, 2.05) is 12.1 Å². The van der Waals surface area contributed by atoms with Gasteiger partial charge in [0.1, 0.15) is 0 Å². The quantitative estimate of drug-likeness (QED) is 0.843. The molecule has 0 aromatic heterocycles. The average Bonchev–Trinajstić information content (AvgIpc) is 2.39. The lowest BCUT2D eigenvalue weighted by Crippen LogP contribution is -2.25. The Balaban J connectivity index is 2.23. The molecule has 2 rings (SSSR count). The van der Waals surface area contributed by atoms with Crippen LogP contribution >= 0.6 is 0 Å². The molecule has 1 fully saturated rings. The number of carbonyl (C=O) groups is 1. The van der Waals surface area contributed by atoms with Crippen LogP contribution in [0.4, 0.5) is 0 Å². The van der Waals surface area contributed by atoms with Crippen molar-refractivity contribution in [2.45, 2.75) is 38.1 Å². The van der Waals surface area contributed by atoms with Gasteiger partial charge in [-0.15, -0.1) is 0 Å². The Morgan fingerprint density at radius 1 is 1.24 bits per heavy atom. The first-order chi connectivity index (χ1) is 8.20. The van der Waals surface area contributed by atoms with Gasteiger partial charge in [0.25, 0.3) is 0 Å². The molecular formula is C14H19NO2. The van der Waals surface area contributed by atoms with Crippen molar-refractivity contribution in [3.63, 3.8) is 0 Å². The number of carboxylic acid groups (broad SMARTS) is 1. The van der Waals surface area contributed by atoms with Crippen LogP contribution in [0.15, 0.2) is 24.3 Å². The van der Waals surface area contributed by atoms with Gasteiger partial charge in [0.05, 0.1) is 5.56 Å². The standard InChI is InChI=1S/C14H19NO2/c15-13(10-6-2-1-3-7-10)11-8-4-5-9-12(11)14(16)17/h4-5,8-10,13H,1-3,6-7,15H2,(H,16,17). The lowest BCUT2D eigenvalue weighted by Gasteiger charge is -2.28. The van der Waals surface area contributed by atoms with Gasteiger partial charge in [-0.1, -0.05) is 37.5 Å². The van der Waals surface area contributed by atoms with Gasteiger partial charge in [0.2, 0.25) is 0 Å². The van der Waals surface area contributed by atoms with Gasteiger partial charge < -0.3 is 10.8 Å². The molecule has 0 saturated heterocycles. The minimum Gasteiger partial charge on any atom is -0.478 e. The van der Waals surface area contributed by atoms with E-state index in [2.05, 4.69) is 0 Å². The zero-order valence-corrected chi connectivity index (χ0v) is 9.93. The number of rotatable bonds is 3. The zero-order valence-electron chi connectivity index (χ0n) is 9.93.